The van der Waals surface area contributed by atoms with E-state index in [1.807, 2.05) is 87.5 Å². The van der Waals surface area contributed by atoms with Gasteiger partial charge in [-0.05, 0) is 91.6 Å². The number of nitrogens with zero attached hydrogens (tertiary/aromatic N) is 1. The van der Waals surface area contributed by atoms with Gasteiger partial charge in [0.05, 0.1) is 19.3 Å². The number of amides is 1. The van der Waals surface area contributed by atoms with Crippen LogP contribution >= 0.6 is 0 Å². The molecule has 0 aromatic heterocycles. The summed E-state index contributed by atoms with van der Waals surface area (Å²) in [6.07, 6.45) is 4.23. The first kappa shape index (κ1) is 30.2. The Morgan fingerprint density at radius 1 is 0.814 bits per heavy atom. The molecule has 5 rings (SSSR count). The summed E-state index contributed by atoms with van der Waals surface area (Å²) in [5, 5.41) is 2.39. The molecule has 0 saturated carbocycles. The summed E-state index contributed by atoms with van der Waals surface area (Å²) < 4.78 is 23.8. The normalized spacial score (nSPS) is 17.2. The van der Waals surface area contributed by atoms with E-state index >= 15 is 0 Å². The van der Waals surface area contributed by atoms with Gasteiger partial charge in [0.2, 0.25) is 0 Å². The van der Waals surface area contributed by atoms with Crippen molar-refractivity contribution in [2.45, 2.75) is 51.4 Å². The highest BCUT2D eigenvalue weighted by Crippen LogP contribution is 2.33. The lowest BCUT2D eigenvalue weighted by atomic mass is 9.87. The van der Waals surface area contributed by atoms with Gasteiger partial charge in [-0.25, -0.2) is 4.79 Å². The van der Waals surface area contributed by atoms with Crippen molar-refractivity contribution in [2.75, 3.05) is 26.3 Å². The summed E-state index contributed by atoms with van der Waals surface area (Å²) in [4.78, 5) is 14.7. The molecule has 0 aliphatic carbocycles. The number of para-hydroxylation sites is 1. The summed E-state index contributed by atoms with van der Waals surface area (Å²) in [6.45, 7) is 8.19. The number of piperidine rings is 1. The SMILES string of the molecule is CC(C)(C)OC(=O)N1CCC(c2ccc(OC/C=C\COc3ccccc3)cc2)C(OCc2ccc3ccccc3c2)C1. The largest absolute Gasteiger partial charge is 0.490 e. The first-order valence-corrected chi connectivity index (χ1v) is 15.0. The van der Waals surface area contributed by atoms with Crippen LogP contribution < -0.4 is 9.47 Å². The standard InChI is InChI=1S/C37H41NO5/c1-37(2,3)43-36(39)38-22-21-34(35(26-38)42-27-28-15-16-29-11-7-8-12-31(29)25-28)30-17-19-33(20-18-30)41-24-10-9-23-40-32-13-5-4-6-14-32/h4-20,25,34-35H,21-24,26-27H2,1-3H3/b10-9-. The fourth-order valence-corrected chi connectivity index (χ4v) is 5.24. The molecule has 0 radical (unpaired) electrons. The first-order valence-electron chi connectivity index (χ1n) is 15.0. The Morgan fingerprint density at radius 3 is 2.16 bits per heavy atom. The van der Waals surface area contributed by atoms with Gasteiger partial charge in [-0.2, -0.15) is 0 Å². The molecule has 43 heavy (non-hydrogen) atoms. The average molecular weight is 580 g/mol. The molecular weight excluding hydrogens is 538 g/mol. The molecule has 1 aliphatic rings. The Morgan fingerprint density at radius 2 is 1.47 bits per heavy atom. The predicted octanol–water partition coefficient (Wildman–Crippen LogP) is 8.16. The van der Waals surface area contributed by atoms with E-state index in [0.717, 1.165) is 23.5 Å². The second kappa shape index (κ2) is 14.3. The van der Waals surface area contributed by atoms with Crippen LogP contribution in [-0.2, 0) is 16.1 Å². The zero-order valence-electron chi connectivity index (χ0n) is 25.3. The van der Waals surface area contributed by atoms with Crippen LogP contribution in [0.25, 0.3) is 10.8 Å². The van der Waals surface area contributed by atoms with E-state index in [1.54, 1.807) is 4.90 Å². The molecule has 2 atom stereocenters. The number of benzene rings is 4. The van der Waals surface area contributed by atoms with Crippen LogP contribution in [0.5, 0.6) is 11.5 Å². The van der Waals surface area contributed by atoms with Gasteiger partial charge < -0.3 is 23.8 Å². The number of ether oxygens (including phenoxy) is 4. The van der Waals surface area contributed by atoms with Crippen molar-refractivity contribution in [3.8, 4) is 11.5 Å². The van der Waals surface area contributed by atoms with E-state index in [9.17, 15) is 4.79 Å². The van der Waals surface area contributed by atoms with Gasteiger partial charge in [0, 0.05) is 12.5 Å². The molecule has 1 heterocycles. The molecule has 1 aliphatic heterocycles. The molecule has 2 unspecified atom stereocenters. The van der Waals surface area contributed by atoms with Gasteiger partial charge in [-0.1, -0.05) is 66.7 Å². The van der Waals surface area contributed by atoms with Gasteiger partial charge in [0.15, 0.2) is 0 Å². The number of rotatable bonds is 10. The van der Waals surface area contributed by atoms with Crippen LogP contribution in [-0.4, -0.2) is 49.0 Å². The number of carbonyl (C=O) groups excluding carboxylic acids is 1. The summed E-state index contributed by atoms with van der Waals surface area (Å²) in [5.74, 6) is 1.79. The molecule has 0 bridgehead atoms. The minimum atomic E-state index is -0.546. The maximum absolute atomic E-state index is 12.9. The lowest BCUT2D eigenvalue weighted by molar-refractivity contribution is -0.0359. The number of hydrogen-bond acceptors (Lipinski definition) is 5. The van der Waals surface area contributed by atoms with Crippen LogP contribution in [0.4, 0.5) is 4.79 Å². The Kier molecular flexibility index (Phi) is 10.0. The second-order valence-corrected chi connectivity index (χ2v) is 11.8. The molecule has 6 nitrogen and oxygen atoms in total. The Labute approximate surface area is 254 Å². The fourth-order valence-electron chi connectivity index (χ4n) is 5.24. The van der Waals surface area contributed by atoms with Crippen molar-refractivity contribution in [3.63, 3.8) is 0 Å². The highest BCUT2D eigenvalue weighted by molar-refractivity contribution is 5.82. The fraction of sp³-hybridized carbons (Fsp3) is 0.324. The average Bonchev–Trinajstić information content (AvgIpc) is 3.01. The van der Waals surface area contributed by atoms with Gasteiger partial charge >= 0.3 is 6.09 Å². The summed E-state index contributed by atoms with van der Waals surface area (Å²) in [7, 11) is 0. The monoisotopic (exact) mass is 579 g/mol. The quantitative estimate of drug-likeness (QED) is 0.177. The number of hydrogen-bond donors (Lipinski definition) is 0. The minimum Gasteiger partial charge on any atom is -0.490 e. The van der Waals surface area contributed by atoms with Gasteiger partial charge in [-0.15, -0.1) is 0 Å². The van der Waals surface area contributed by atoms with E-state index in [2.05, 4.69) is 42.5 Å². The molecule has 0 N–H and O–H groups in total. The third-order valence-corrected chi connectivity index (χ3v) is 7.40. The molecular formula is C37H41NO5. The lowest BCUT2D eigenvalue weighted by Crippen LogP contribution is -2.48. The van der Waals surface area contributed by atoms with Crippen LogP contribution in [0, 0.1) is 0 Å². The van der Waals surface area contributed by atoms with Gasteiger partial charge in [0.1, 0.15) is 30.3 Å². The van der Waals surface area contributed by atoms with E-state index in [1.165, 1.54) is 16.3 Å². The lowest BCUT2D eigenvalue weighted by Gasteiger charge is -2.39. The number of carbonyl (C=O) groups is 1. The Balaban J connectivity index is 1.20. The van der Waals surface area contributed by atoms with E-state index in [-0.39, 0.29) is 18.1 Å². The predicted molar refractivity (Wildman–Crippen MR) is 171 cm³/mol. The molecule has 6 heteroatoms. The van der Waals surface area contributed by atoms with Crippen molar-refractivity contribution in [3.05, 3.63) is 120 Å². The minimum absolute atomic E-state index is 0.142. The van der Waals surface area contributed by atoms with E-state index in [0.29, 0.717) is 32.9 Å². The zero-order valence-corrected chi connectivity index (χ0v) is 25.3. The van der Waals surface area contributed by atoms with Crippen LogP contribution in [0.15, 0.2) is 109 Å². The Hall–Kier alpha value is -4.29. The van der Waals surface area contributed by atoms with Crippen LogP contribution in [0.1, 0.15) is 44.2 Å². The molecule has 1 fully saturated rings. The highest BCUT2D eigenvalue weighted by Gasteiger charge is 2.35. The Bertz CT molecular complexity index is 1490. The van der Waals surface area contributed by atoms with Crippen molar-refractivity contribution >= 4 is 16.9 Å². The highest BCUT2D eigenvalue weighted by atomic mass is 16.6. The number of likely N-dealkylation sites (tertiary alicyclic amines) is 1. The van der Waals surface area contributed by atoms with Crippen LogP contribution in [0.2, 0.25) is 0 Å². The third-order valence-electron chi connectivity index (χ3n) is 7.40. The van der Waals surface area contributed by atoms with Crippen molar-refractivity contribution < 1.29 is 23.7 Å². The van der Waals surface area contributed by atoms with Gasteiger partial charge in [-0.3, -0.25) is 0 Å². The van der Waals surface area contributed by atoms with Crippen molar-refractivity contribution in [1.29, 1.82) is 0 Å². The van der Waals surface area contributed by atoms with E-state index < -0.39 is 5.60 Å². The topological polar surface area (TPSA) is 57.2 Å². The summed E-state index contributed by atoms with van der Waals surface area (Å²) in [6, 6.07) is 32.7. The molecule has 4 aromatic carbocycles. The molecule has 1 amide bonds. The third kappa shape index (κ3) is 8.85. The van der Waals surface area contributed by atoms with E-state index in [4.69, 9.17) is 18.9 Å². The smallest absolute Gasteiger partial charge is 0.410 e. The maximum atomic E-state index is 12.9. The zero-order chi connectivity index (χ0) is 30.1. The molecule has 1 saturated heterocycles. The summed E-state index contributed by atoms with van der Waals surface area (Å²) >= 11 is 0. The van der Waals surface area contributed by atoms with Gasteiger partial charge in [0.25, 0.3) is 0 Å². The molecule has 0 spiro atoms. The first-order chi connectivity index (χ1) is 20.8. The molecule has 4 aromatic rings. The number of fused-ring (bicyclic) bond motifs is 1. The van der Waals surface area contributed by atoms with Crippen LogP contribution in [0.3, 0.4) is 0 Å². The van der Waals surface area contributed by atoms with Crippen molar-refractivity contribution in [2.24, 2.45) is 0 Å². The summed E-state index contributed by atoms with van der Waals surface area (Å²) in [5.41, 5.74) is 1.74. The second-order valence-electron chi connectivity index (χ2n) is 11.8. The maximum Gasteiger partial charge on any atom is 0.410 e. The van der Waals surface area contributed by atoms with Crippen molar-refractivity contribution in [1.82, 2.24) is 4.90 Å². The molecule has 224 valence electrons.